The summed E-state index contributed by atoms with van der Waals surface area (Å²) >= 11 is 17.4. The largest absolute Gasteiger partial charge is 0.340 e. The number of rotatable bonds is 3. The molecule has 0 aliphatic carbocycles. The van der Waals surface area contributed by atoms with Gasteiger partial charge in [-0.2, -0.15) is 0 Å². The van der Waals surface area contributed by atoms with Crippen molar-refractivity contribution in [1.82, 2.24) is 10.3 Å². The molecular weight excluding hydrogens is 392 g/mol. The van der Waals surface area contributed by atoms with Gasteiger partial charge in [0.05, 0.1) is 16.3 Å². The Morgan fingerprint density at radius 3 is 2.68 bits per heavy atom. The van der Waals surface area contributed by atoms with Gasteiger partial charge in [-0.05, 0) is 24.6 Å². The average Bonchev–Trinajstić information content (AvgIpc) is 2.92. The normalized spacial score (nSPS) is 17.0. The second kappa shape index (κ2) is 7.15. The Balaban J connectivity index is 1.76. The molecule has 130 valence electrons. The topological polar surface area (TPSA) is 62.3 Å². The summed E-state index contributed by atoms with van der Waals surface area (Å²) < 4.78 is 13.5. The average molecular weight is 403 g/mol. The molecule has 0 bridgehead atoms. The molecule has 0 radical (unpaired) electrons. The fourth-order valence-electron chi connectivity index (χ4n) is 2.56. The number of nitrogens with one attached hydrogen (secondary N) is 1. The van der Waals surface area contributed by atoms with E-state index in [1.165, 1.54) is 4.90 Å². The van der Waals surface area contributed by atoms with Crippen molar-refractivity contribution in [2.75, 3.05) is 11.4 Å². The van der Waals surface area contributed by atoms with E-state index in [0.717, 1.165) is 6.07 Å². The summed E-state index contributed by atoms with van der Waals surface area (Å²) in [7, 11) is 0. The molecule has 2 amide bonds. The predicted molar refractivity (Wildman–Crippen MR) is 93.9 cm³/mol. The van der Waals surface area contributed by atoms with E-state index in [-0.39, 0.29) is 16.6 Å². The van der Waals surface area contributed by atoms with Crippen LogP contribution in [0.25, 0.3) is 0 Å². The highest BCUT2D eigenvalue weighted by Gasteiger charge is 2.35. The quantitative estimate of drug-likeness (QED) is 0.796. The Labute approximate surface area is 157 Å². The van der Waals surface area contributed by atoms with Crippen molar-refractivity contribution in [3.8, 4) is 0 Å². The Morgan fingerprint density at radius 2 is 1.96 bits per heavy atom. The SMILES string of the molecule is O=C(NC1CCN(c2ccccc2Cl)C1=O)c1cc(F)c(Cl)nc1Cl. The van der Waals surface area contributed by atoms with Gasteiger partial charge in [0.15, 0.2) is 11.0 Å². The Bertz CT molecular complexity index is 863. The number of benzene rings is 1. The molecule has 1 aromatic carbocycles. The molecule has 1 unspecified atom stereocenters. The maximum Gasteiger partial charge on any atom is 0.255 e. The van der Waals surface area contributed by atoms with Crippen LogP contribution in [0.15, 0.2) is 30.3 Å². The molecule has 1 saturated heterocycles. The van der Waals surface area contributed by atoms with Gasteiger partial charge in [0.1, 0.15) is 11.2 Å². The fourth-order valence-corrected chi connectivity index (χ4v) is 3.21. The standard InChI is InChI=1S/C16H11Cl3FN3O2/c17-9-3-1-2-4-12(9)23-6-5-11(16(23)25)21-15(24)8-7-10(20)14(19)22-13(8)18/h1-4,7,11H,5-6H2,(H,21,24). The molecule has 9 heteroatoms. The zero-order valence-electron chi connectivity index (χ0n) is 12.6. The first kappa shape index (κ1) is 17.9. The minimum atomic E-state index is -0.869. The third-order valence-corrected chi connectivity index (χ3v) is 4.66. The highest BCUT2D eigenvalue weighted by Crippen LogP contribution is 2.29. The van der Waals surface area contributed by atoms with Crippen LogP contribution in [0.5, 0.6) is 0 Å². The maximum atomic E-state index is 13.5. The molecule has 1 N–H and O–H groups in total. The van der Waals surface area contributed by atoms with Crippen LogP contribution in [0, 0.1) is 5.82 Å². The number of aromatic nitrogens is 1. The van der Waals surface area contributed by atoms with Gasteiger partial charge in [0, 0.05) is 6.54 Å². The fraction of sp³-hybridized carbons (Fsp3) is 0.188. The third-order valence-electron chi connectivity index (χ3n) is 3.79. The molecule has 0 spiro atoms. The van der Waals surface area contributed by atoms with Gasteiger partial charge >= 0.3 is 0 Å². The highest BCUT2D eigenvalue weighted by atomic mass is 35.5. The number of hydrogen-bond donors (Lipinski definition) is 1. The van der Waals surface area contributed by atoms with Crippen LogP contribution in [-0.2, 0) is 4.79 Å². The molecule has 25 heavy (non-hydrogen) atoms. The van der Waals surface area contributed by atoms with Gasteiger partial charge in [-0.15, -0.1) is 0 Å². The molecule has 2 aromatic rings. The van der Waals surface area contributed by atoms with Gasteiger partial charge in [-0.25, -0.2) is 9.37 Å². The van der Waals surface area contributed by atoms with E-state index in [9.17, 15) is 14.0 Å². The Kier molecular flexibility index (Phi) is 5.13. The number of nitrogens with zero attached hydrogens (tertiary/aromatic N) is 2. The third kappa shape index (κ3) is 3.56. The van der Waals surface area contributed by atoms with Crippen molar-refractivity contribution in [3.63, 3.8) is 0 Å². The maximum absolute atomic E-state index is 13.5. The van der Waals surface area contributed by atoms with Crippen molar-refractivity contribution >= 4 is 52.3 Å². The number of pyridine rings is 1. The van der Waals surface area contributed by atoms with E-state index >= 15 is 0 Å². The first-order chi connectivity index (χ1) is 11.9. The van der Waals surface area contributed by atoms with Crippen molar-refractivity contribution < 1.29 is 14.0 Å². The van der Waals surface area contributed by atoms with Crippen LogP contribution in [0.3, 0.4) is 0 Å². The lowest BCUT2D eigenvalue weighted by molar-refractivity contribution is -0.118. The summed E-state index contributed by atoms with van der Waals surface area (Å²) in [6, 6.07) is 7.05. The lowest BCUT2D eigenvalue weighted by atomic mass is 10.2. The van der Waals surface area contributed by atoms with Gasteiger partial charge < -0.3 is 10.2 Å². The molecule has 2 heterocycles. The number of carbonyl (C=O) groups is 2. The van der Waals surface area contributed by atoms with Gasteiger partial charge in [0.2, 0.25) is 5.91 Å². The predicted octanol–water partition coefficient (Wildman–Crippen LogP) is 3.72. The first-order valence-corrected chi connectivity index (χ1v) is 8.40. The van der Waals surface area contributed by atoms with E-state index in [1.807, 2.05) is 0 Å². The molecular formula is C16H11Cl3FN3O2. The number of carbonyl (C=O) groups excluding carboxylic acids is 2. The van der Waals surface area contributed by atoms with Crippen molar-refractivity contribution in [2.24, 2.45) is 0 Å². The van der Waals surface area contributed by atoms with Crippen LogP contribution in [0.1, 0.15) is 16.8 Å². The van der Waals surface area contributed by atoms with Crippen LogP contribution < -0.4 is 10.2 Å². The number of halogens is 4. The van der Waals surface area contributed by atoms with Crippen LogP contribution in [-0.4, -0.2) is 29.4 Å². The second-order valence-corrected chi connectivity index (χ2v) is 6.48. The minimum Gasteiger partial charge on any atom is -0.340 e. The summed E-state index contributed by atoms with van der Waals surface area (Å²) in [5, 5.41) is 2.32. The van der Waals surface area contributed by atoms with E-state index in [0.29, 0.717) is 23.7 Å². The van der Waals surface area contributed by atoms with Gasteiger partial charge in [0.25, 0.3) is 5.91 Å². The molecule has 1 aromatic heterocycles. The number of amides is 2. The Morgan fingerprint density at radius 1 is 1.24 bits per heavy atom. The molecule has 3 rings (SSSR count). The molecule has 5 nitrogen and oxygen atoms in total. The smallest absolute Gasteiger partial charge is 0.255 e. The Hall–Kier alpha value is -1.89. The number of anilines is 1. The van der Waals surface area contributed by atoms with E-state index in [4.69, 9.17) is 34.8 Å². The van der Waals surface area contributed by atoms with E-state index in [2.05, 4.69) is 10.3 Å². The minimum absolute atomic E-state index is 0.187. The van der Waals surface area contributed by atoms with Crippen LogP contribution >= 0.6 is 34.8 Å². The van der Waals surface area contributed by atoms with Crippen LogP contribution in [0.2, 0.25) is 15.3 Å². The molecule has 1 atom stereocenters. The second-order valence-electron chi connectivity index (χ2n) is 5.36. The summed E-state index contributed by atoms with van der Waals surface area (Å²) in [6.45, 7) is 0.397. The zero-order chi connectivity index (χ0) is 18.1. The van der Waals surface area contributed by atoms with Gasteiger partial charge in [-0.1, -0.05) is 46.9 Å². The summed E-state index contributed by atoms with van der Waals surface area (Å²) in [4.78, 5) is 29.9. The summed E-state index contributed by atoms with van der Waals surface area (Å²) in [6.07, 6.45) is 0.386. The van der Waals surface area contributed by atoms with Crippen molar-refractivity contribution in [1.29, 1.82) is 0 Å². The molecule has 1 fully saturated rings. The number of para-hydroxylation sites is 1. The summed E-state index contributed by atoms with van der Waals surface area (Å²) in [5.74, 6) is -1.88. The van der Waals surface area contributed by atoms with Crippen molar-refractivity contribution in [2.45, 2.75) is 12.5 Å². The summed E-state index contributed by atoms with van der Waals surface area (Å²) in [5.41, 5.74) is 0.385. The number of hydrogen-bond acceptors (Lipinski definition) is 3. The van der Waals surface area contributed by atoms with E-state index in [1.54, 1.807) is 24.3 Å². The lowest BCUT2D eigenvalue weighted by Gasteiger charge is -2.18. The monoisotopic (exact) mass is 401 g/mol. The van der Waals surface area contributed by atoms with Crippen molar-refractivity contribution in [3.05, 3.63) is 57.0 Å². The van der Waals surface area contributed by atoms with Gasteiger partial charge in [-0.3, -0.25) is 9.59 Å². The van der Waals surface area contributed by atoms with Crippen LogP contribution in [0.4, 0.5) is 10.1 Å². The molecule has 1 aliphatic heterocycles. The van der Waals surface area contributed by atoms with E-state index < -0.39 is 22.9 Å². The highest BCUT2D eigenvalue weighted by molar-refractivity contribution is 6.35. The molecule has 0 saturated carbocycles. The lowest BCUT2D eigenvalue weighted by Crippen LogP contribution is -2.41. The molecule has 1 aliphatic rings. The first-order valence-electron chi connectivity index (χ1n) is 7.27. The zero-order valence-corrected chi connectivity index (χ0v) is 14.9.